The molecule has 4 nitrogen and oxygen atoms in total. The zero-order chi connectivity index (χ0) is 11.8. The molecule has 2 atom stereocenters. The first-order valence-corrected chi connectivity index (χ1v) is 6.57. The zero-order valence-corrected chi connectivity index (χ0v) is 11.8. The fraction of sp³-hybridized carbons (Fsp3) is 0.889. The molecular weight excluding hydrogens is 227 g/mol. The van der Waals surface area contributed by atoms with Gasteiger partial charge in [0.05, 0.1) is 13.0 Å². The third-order valence-corrected chi connectivity index (χ3v) is 6.41. The summed E-state index contributed by atoms with van der Waals surface area (Å²) in [6.07, 6.45) is 0.860. The summed E-state index contributed by atoms with van der Waals surface area (Å²) >= 11 is 0. The molecule has 0 aliphatic heterocycles. The van der Waals surface area contributed by atoms with E-state index in [1.807, 2.05) is 28.2 Å². The minimum Gasteiger partial charge on any atom is -0.469 e. The first kappa shape index (κ1) is 13.1. The summed E-state index contributed by atoms with van der Waals surface area (Å²) in [5.41, 5.74) is 0. The SMILES string of the molecule is COC(=O)[C@H]1C[C@@]1([Si])P(N(C)C)N(C)C. The predicted octanol–water partition coefficient (Wildman–Crippen LogP) is 0.479. The van der Waals surface area contributed by atoms with Crippen molar-refractivity contribution in [2.45, 2.75) is 11.2 Å². The lowest BCUT2D eigenvalue weighted by Crippen LogP contribution is -2.30. The highest BCUT2D eigenvalue weighted by Gasteiger charge is 2.61. The van der Waals surface area contributed by atoms with E-state index in [9.17, 15) is 4.79 Å². The van der Waals surface area contributed by atoms with E-state index in [2.05, 4.69) is 19.6 Å². The van der Waals surface area contributed by atoms with E-state index < -0.39 is 8.22 Å². The molecule has 3 radical (unpaired) electrons. The van der Waals surface area contributed by atoms with Crippen LogP contribution in [0.4, 0.5) is 0 Å². The molecule has 15 heavy (non-hydrogen) atoms. The molecule has 0 unspecified atom stereocenters. The Morgan fingerprint density at radius 1 is 1.40 bits per heavy atom. The van der Waals surface area contributed by atoms with Crippen LogP contribution in [0, 0.1) is 5.92 Å². The Bertz CT molecular complexity index is 254. The van der Waals surface area contributed by atoms with Gasteiger partial charge < -0.3 is 4.74 Å². The smallest absolute Gasteiger partial charge is 0.309 e. The molecule has 0 aromatic carbocycles. The van der Waals surface area contributed by atoms with Crippen molar-refractivity contribution in [3.63, 3.8) is 0 Å². The van der Waals surface area contributed by atoms with E-state index in [0.29, 0.717) is 0 Å². The third kappa shape index (κ3) is 2.41. The van der Waals surface area contributed by atoms with Gasteiger partial charge in [-0.3, -0.25) is 14.1 Å². The quantitative estimate of drug-likeness (QED) is 0.410. The number of nitrogens with zero attached hydrogens (tertiary/aromatic N) is 2. The van der Waals surface area contributed by atoms with Gasteiger partial charge in [-0.1, -0.05) is 0 Å². The van der Waals surface area contributed by atoms with Gasteiger partial charge in [-0.25, -0.2) is 0 Å². The number of carbonyl (C=O) groups excluding carboxylic acids is 1. The maximum absolute atomic E-state index is 11.5. The average molecular weight is 245 g/mol. The molecule has 0 bridgehead atoms. The van der Waals surface area contributed by atoms with Crippen molar-refractivity contribution >= 4 is 24.4 Å². The van der Waals surface area contributed by atoms with Gasteiger partial charge in [-0.05, 0) is 34.6 Å². The van der Waals surface area contributed by atoms with Gasteiger partial charge in [0.25, 0.3) is 0 Å². The van der Waals surface area contributed by atoms with Crippen molar-refractivity contribution < 1.29 is 9.53 Å². The maximum Gasteiger partial charge on any atom is 0.309 e. The largest absolute Gasteiger partial charge is 0.469 e. The molecule has 1 fully saturated rings. The number of ether oxygens (including phenoxy) is 1. The van der Waals surface area contributed by atoms with Crippen LogP contribution in [0.2, 0.25) is 0 Å². The van der Waals surface area contributed by atoms with Gasteiger partial charge in [-0.15, -0.1) is 0 Å². The summed E-state index contributed by atoms with van der Waals surface area (Å²) in [5, 5.41) is 0. The maximum atomic E-state index is 11.5. The first-order chi connectivity index (χ1) is 6.84. The van der Waals surface area contributed by atoms with Crippen LogP contribution in [0.3, 0.4) is 0 Å². The van der Waals surface area contributed by atoms with E-state index in [4.69, 9.17) is 4.74 Å². The van der Waals surface area contributed by atoms with E-state index >= 15 is 0 Å². The standard InChI is InChI=1S/C9H18N2O2PSi/c1-10(2)14(11(3)4)9(15)6-7(9)8(12)13-5/h7H,6H2,1-5H3/t7-,9+/m1/s1. The van der Waals surface area contributed by atoms with Gasteiger partial charge in [0.2, 0.25) is 0 Å². The minimum atomic E-state index is -0.507. The lowest BCUT2D eigenvalue weighted by Gasteiger charge is -2.35. The highest BCUT2D eigenvalue weighted by molar-refractivity contribution is 7.56. The summed E-state index contributed by atoms with van der Waals surface area (Å²) in [4.78, 5) is 11.5. The molecule has 0 spiro atoms. The molecule has 0 heterocycles. The Labute approximate surface area is 96.2 Å². The summed E-state index contributed by atoms with van der Waals surface area (Å²) in [6, 6.07) is 0. The second-order valence-corrected chi connectivity index (χ2v) is 8.48. The van der Waals surface area contributed by atoms with Gasteiger partial charge in [0.1, 0.15) is 0 Å². The van der Waals surface area contributed by atoms with Crippen molar-refractivity contribution in [2.75, 3.05) is 35.3 Å². The molecular formula is C9H18N2O2PSi. The summed E-state index contributed by atoms with van der Waals surface area (Å²) in [5.74, 6) is -0.115. The molecule has 0 aromatic rings. The highest BCUT2D eigenvalue weighted by Crippen LogP contribution is 2.67. The second kappa shape index (κ2) is 4.50. The van der Waals surface area contributed by atoms with Crippen molar-refractivity contribution in [3.8, 4) is 0 Å². The number of methoxy groups -OCH3 is 1. The van der Waals surface area contributed by atoms with Crippen LogP contribution < -0.4 is 0 Å². The zero-order valence-electron chi connectivity index (χ0n) is 9.94. The van der Waals surface area contributed by atoms with Crippen LogP contribution in [0.5, 0.6) is 0 Å². The minimum absolute atomic E-state index is 0.00456. The highest BCUT2D eigenvalue weighted by atomic mass is 31.1. The van der Waals surface area contributed by atoms with Crippen LogP contribution in [0.25, 0.3) is 0 Å². The molecule has 0 aromatic heterocycles. The van der Waals surface area contributed by atoms with Crippen molar-refractivity contribution in [1.29, 1.82) is 0 Å². The fourth-order valence-corrected chi connectivity index (χ4v) is 6.36. The first-order valence-electron chi connectivity index (χ1n) is 4.82. The Morgan fingerprint density at radius 3 is 2.20 bits per heavy atom. The number of hydrogen-bond donors (Lipinski definition) is 0. The van der Waals surface area contributed by atoms with E-state index in [1.165, 1.54) is 7.11 Å². The lowest BCUT2D eigenvalue weighted by atomic mass is 10.4. The third-order valence-electron chi connectivity index (χ3n) is 2.53. The van der Waals surface area contributed by atoms with E-state index in [0.717, 1.165) is 6.42 Å². The molecule has 1 rings (SSSR count). The van der Waals surface area contributed by atoms with Gasteiger partial charge in [0, 0.05) is 23.2 Å². The topological polar surface area (TPSA) is 32.8 Å². The number of carbonyl (C=O) groups is 1. The molecule has 6 heteroatoms. The fourth-order valence-electron chi connectivity index (χ4n) is 1.97. The predicted molar refractivity (Wildman–Crippen MR) is 62.9 cm³/mol. The molecule has 0 N–H and O–H groups in total. The van der Waals surface area contributed by atoms with Crippen LogP contribution >= 0.6 is 8.22 Å². The van der Waals surface area contributed by atoms with Crippen LogP contribution in [-0.2, 0) is 9.53 Å². The number of esters is 1. The van der Waals surface area contributed by atoms with E-state index in [1.54, 1.807) is 0 Å². The Kier molecular flexibility index (Phi) is 3.93. The molecule has 1 aliphatic rings. The summed E-state index contributed by atoms with van der Waals surface area (Å²) in [7, 11) is 12.9. The molecule has 1 aliphatic carbocycles. The van der Waals surface area contributed by atoms with Crippen molar-refractivity contribution in [3.05, 3.63) is 0 Å². The van der Waals surface area contributed by atoms with Crippen LogP contribution in [-0.4, -0.2) is 65.6 Å². The summed E-state index contributed by atoms with van der Waals surface area (Å²) < 4.78 is 9.02. The molecule has 85 valence electrons. The van der Waals surface area contributed by atoms with Crippen LogP contribution in [0.15, 0.2) is 0 Å². The average Bonchev–Trinajstić information content (AvgIpc) is 2.75. The Balaban J connectivity index is 2.75. The van der Waals surface area contributed by atoms with Gasteiger partial charge >= 0.3 is 5.97 Å². The van der Waals surface area contributed by atoms with Gasteiger partial charge in [0.15, 0.2) is 0 Å². The van der Waals surface area contributed by atoms with Crippen molar-refractivity contribution in [1.82, 2.24) is 9.34 Å². The summed E-state index contributed by atoms with van der Waals surface area (Å²) in [6.45, 7) is 0. The number of hydrogen-bond acceptors (Lipinski definition) is 4. The monoisotopic (exact) mass is 245 g/mol. The molecule has 0 saturated heterocycles. The second-order valence-electron chi connectivity index (χ2n) is 4.19. The lowest BCUT2D eigenvalue weighted by molar-refractivity contribution is -0.142. The molecule has 1 saturated carbocycles. The Morgan fingerprint density at radius 2 is 1.87 bits per heavy atom. The van der Waals surface area contributed by atoms with Crippen molar-refractivity contribution in [2.24, 2.45) is 5.92 Å². The molecule has 0 amide bonds. The number of rotatable bonds is 4. The van der Waals surface area contributed by atoms with E-state index in [-0.39, 0.29) is 16.7 Å². The normalized spacial score (nSPS) is 30.1. The van der Waals surface area contributed by atoms with Crippen LogP contribution in [0.1, 0.15) is 6.42 Å². The van der Waals surface area contributed by atoms with Gasteiger partial charge in [-0.2, -0.15) is 0 Å². The Hall–Kier alpha value is 0.0369.